The van der Waals surface area contributed by atoms with Crippen molar-refractivity contribution in [1.29, 1.82) is 0 Å². The van der Waals surface area contributed by atoms with Crippen molar-refractivity contribution in [2.45, 2.75) is 6.92 Å². The normalized spacial score (nSPS) is 10.8. The van der Waals surface area contributed by atoms with Gasteiger partial charge in [0.05, 0.1) is 10.2 Å². The van der Waals surface area contributed by atoms with Crippen LogP contribution in [0.25, 0.3) is 0 Å². The summed E-state index contributed by atoms with van der Waals surface area (Å²) < 4.78 is 6.40. The Kier molecular flexibility index (Phi) is 5.59. The van der Waals surface area contributed by atoms with Gasteiger partial charge in [0, 0.05) is 11.2 Å². The molecule has 0 saturated carbocycles. The quantitative estimate of drug-likeness (QED) is 0.490. The van der Waals surface area contributed by atoms with Gasteiger partial charge in [-0.1, -0.05) is 30.3 Å². The number of halogens is 2. The second-order valence-electron chi connectivity index (χ2n) is 4.43. The number of ether oxygens (including phenoxy) is 1. The van der Waals surface area contributed by atoms with E-state index in [4.69, 9.17) is 16.3 Å². The van der Waals surface area contributed by atoms with Crippen LogP contribution in [0.15, 0.2) is 58.5 Å². The van der Waals surface area contributed by atoms with E-state index in [0.717, 1.165) is 32.1 Å². The van der Waals surface area contributed by atoms with Gasteiger partial charge in [0.25, 0.3) is 0 Å². The van der Waals surface area contributed by atoms with Gasteiger partial charge in [0.2, 0.25) is 0 Å². The van der Waals surface area contributed by atoms with E-state index in [1.807, 2.05) is 43.3 Å². The molecular formula is C17H15BrClNO. The Morgan fingerprint density at radius 1 is 1.33 bits per heavy atom. The van der Waals surface area contributed by atoms with Gasteiger partial charge in [-0.2, -0.15) is 0 Å². The molecule has 0 bridgehead atoms. The number of hydrogen-bond donors (Lipinski definition) is 0. The van der Waals surface area contributed by atoms with Crippen LogP contribution in [0.3, 0.4) is 0 Å². The van der Waals surface area contributed by atoms with Gasteiger partial charge in [-0.05, 0) is 64.3 Å². The summed E-state index contributed by atoms with van der Waals surface area (Å²) in [6.45, 7) is 6.06. The van der Waals surface area contributed by atoms with Crippen LogP contribution in [0.4, 0.5) is 5.69 Å². The molecular weight excluding hydrogens is 350 g/mol. The van der Waals surface area contributed by atoms with Crippen LogP contribution in [-0.4, -0.2) is 12.8 Å². The molecule has 0 aliphatic carbocycles. The summed E-state index contributed by atoms with van der Waals surface area (Å²) in [7, 11) is 0. The zero-order chi connectivity index (χ0) is 15.2. The second kappa shape index (κ2) is 7.43. The molecule has 0 aliphatic rings. The molecule has 0 radical (unpaired) electrons. The minimum absolute atomic E-state index is 0.480. The van der Waals surface area contributed by atoms with E-state index in [-0.39, 0.29) is 0 Å². The minimum Gasteiger partial charge on any atom is -0.488 e. The van der Waals surface area contributed by atoms with Crippen LogP contribution in [0.1, 0.15) is 11.1 Å². The minimum atomic E-state index is 0.480. The summed E-state index contributed by atoms with van der Waals surface area (Å²) in [5.74, 6) is 0.783. The standard InChI is InChI=1S/C17H15BrClNO/c1-3-9-21-17-8-7-13(10-14(17)18)11-20-16-6-4-5-15(19)12(16)2/h3-8,10-11H,1,9H2,2H3. The number of hydrogen-bond acceptors (Lipinski definition) is 2. The lowest BCUT2D eigenvalue weighted by Gasteiger charge is -2.06. The van der Waals surface area contributed by atoms with Crippen molar-refractivity contribution < 1.29 is 4.74 Å². The maximum absolute atomic E-state index is 6.08. The number of benzene rings is 2. The Morgan fingerprint density at radius 3 is 2.86 bits per heavy atom. The summed E-state index contributed by atoms with van der Waals surface area (Å²) >= 11 is 9.57. The van der Waals surface area contributed by atoms with Crippen LogP contribution < -0.4 is 4.74 Å². The largest absolute Gasteiger partial charge is 0.488 e. The maximum atomic E-state index is 6.08. The summed E-state index contributed by atoms with van der Waals surface area (Å²) in [5.41, 5.74) is 2.82. The Bertz CT molecular complexity index is 682. The van der Waals surface area contributed by atoms with E-state index < -0.39 is 0 Å². The molecule has 0 saturated heterocycles. The predicted octanol–water partition coefficient (Wildman–Crippen LogP) is 5.73. The molecule has 0 fully saturated rings. The molecule has 0 atom stereocenters. The monoisotopic (exact) mass is 363 g/mol. The molecule has 2 rings (SSSR count). The van der Waals surface area contributed by atoms with Crippen LogP contribution in [-0.2, 0) is 0 Å². The van der Waals surface area contributed by atoms with Crippen molar-refractivity contribution in [3.05, 3.63) is 69.7 Å². The molecule has 2 aromatic carbocycles. The van der Waals surface area contributed by atoms with E-state index in [9.17, 15) is 0 Å². The van der Waals surface area contributed by atoms with Crippen molar-refractivity contribution in [3.63, 3.8) is 0 Å². The van der Waals surface area contributed by atoms with Gasteiger partial charge in [-0.25, -0.2) is 0 Å². The molecule has 0 N–H and O–H groups in total. The first-order valence-electron chi connectivity index (χ1n) is 6.44. The third-order valence-electron chi connectivity index (χ3n) is 2.90. The lowest BCUT2D eigenvalue weighted by Crippen LogP contribution is -1.94. The maximum Gasteiger partial charge on any atom is 0.133 e. The molecule has 108 valence electrons. The number of rotatable bonds is 5. The molecule has 2 aromatic rings. The molecule has 0 unspecified atom stereocenters. The first-order valence-corrected chi connectivity index (χ1v) is 7.61. The molecule has 4 heteroatoms. The fraction of sp³-hybridized carbons (Fsp3) is 0.118. The second-order valence-corrected chi connectivity index (χ2v) is 5.69. The molecule has 2 nitrogen and oxygen atoms in total. The lowest BCUT2D eigenvalue weighted by molar-refractivity contribution is 0.361. The van der Waals surface area contributed by atoms with E-state index in [0.29, 0.717) is 6.61 Å². The van der Waals surface area contributed by atoms with Crippen molar-refractivity contribution in [1.82, 2.24) is 0 Å². The summed E-state index contributed by atoms with van der Waals surface area (Å²) in [4.78, 5) is 4.48. The highest BCUT2D eigenvalue weighted by molar-refractivity contribution is 9.10. The van der Waals surface area contributed by atoms with Crippen LogP contribution >= 0.6 is 27.5 Å². The lowest BCUT2D eigenvalue weighted by atomic mass is 10.2. The Morgan fingerprint density at radius 2 is 2.14 bits per heavy atom. The first-order chi connectivity index (χ1) is 10.1. The van der Waals surface area contributed by atoms with Crippen molar-refractivity contribution in [2.24, 2.45) is 4.99 Å². The Balaban J connectivity index is 2.19. The molecule has 0 amide bonds. The van der Waals surface area contributed by atoms with Crippen molar-refractivity contribution >= 4 is 39.4 Å². The molecule has 21 heavy (non-hydrogen) atoms. The van der Waals surface area contributed by atoms with Crippen molar-refractivity contribution in [3.8, 4) is 5.75 Å². The van der Waals surface area contributed by atoms with Gasteiger partial charge in [-0.3, -0.25) is 4.99 Å². The number of aliphatic imine (C=N–C) groups is 1. The van der Waals surface area contributed by atoms with Gasteiger partial charge in [0.15, 0.2) is 0 Å². The van der Waals surface area contributed by atoms with Crippen LogP contribution in [0.5, 0.6) is 5.75 Å². The average molecular weight is 365 g/mol. The van der Waals surface area contributed by atoms with Gasteiger partial charge < -0.3 is 4.74 Å². The zero-order valence-electron chi connectivity index (χ0n) is 11.6. The average Bonchev–Trinajstić information content (AvgIpc) is 2.48. The molecule has 0 spiro atoms. The van der Waals surface area contributed by atoms with E-state index >= 15 is 0 Å². The van der Waals surface area contributed by atoms with E-state index in [1.54, 1.807) is 12.3 Å². The fourth-order valence-corrected chi connectivity index (χ4v) is 2.42. The van der Waals surface area contributed by atoms with Crippen molar-refractivity contribution in [2.75, 3.05) is 6.61 Å². The molecule has 0 aromatic heterocycles. The van der Waals surface area contributed by atoms with Crippen LogP contribution in [0, 0.1) is 6.92 Å². The first kappa shape index (κ1) is 15.8. The third-order valence-corrected chi connectivity index (χ3v) is 3.93. The summed E-state index contributed by atoms with van der Waals surface area (Å²) in [6.07, 6.45) is 3.52. The third kappa shape index (κ3) is 4.19. The Hall–Kier alpha value is -1.58. The Labute approximate surface area is 138 Å². The number of nitrogens with zero attached hydrogens (tertiary/aromatic N) is 1. The molecule has 0 heterocycles. The highest BCUT2D eigenvalue weighted by atomic mass is 79.9. The molecule has 0 aliphatic heterocycles. The zero-order valence-corrected chi connectivity index (χ0v) is 14.0. The van der Waals surface area contributed by atoms with E-state index in [1.165, 1.54) is 0 Å². The highest BCUT2D eigenvalue weighted by Crippen LogP contribution is 2.27. The van der Waals surface area contributed by atoms with Crippen LogP contribution in [0.2, 0.25) is 5.02 Å². The van der Waals surface area contributed by atoms with Gasteiger partial charge in [0.1, 0.15) is 12.4 Å². The highest BCUT2D eigenvalue weighted by Gasteiger charge is 2.02. The summed E-state index contributed by atoms with van der Waals surface area (Å²) in [5, 5.41) is 0.721. The SMILES string of the molecule is C=CCOc1ccc(C=Nc2cccc(Cl)c2C)cc1Br. The topological polar surface area (TPSA) is 21.6 Å². The smallest absolute Gasteiger partial charge is 0.133 e. The van der Waals surface area contributed by atoms with Gasteiger partial charge in [-0.15, -0.1) is 0 Å². The summed E-state index contributed by atoms with van der Waals surface area (Å²) in [6, 6.07) is 11.5. The van der Waals surface area contributed by atoms with E-state index in [2.05, 4.69) is 27.5 Å². The fourth-order valence-electron chi connectivity index (χ4n) is 1.74. The predicted molar refractivity (Wildman–Crippen MR) is 93.3 cm³/mol. The van der Waals surface area contributed by atoms with Gasteiger partial charge >= 0.3 is 0 Å².